The highest BCUT2D eigenvalue weighted by molar-refractivity contribution is 5.99. The molecule has 130 valence electrons. The molecule has 0 N–H and O–H groups in total. The second-order valence-electron chi connectivity index (χ2n) is 7.04. The molecule has 2 aromatic heterocycles. The van der Waals surface area contributed by atoms with Crippen LogP contribution in [0.5, 0.6) is 0 Å². The maximum absolute atomic E-state index is 2.31. The monoisotopic (exact) mass is 342 g/mol. The third kappa shape index (κ3) is 1.84. The lowest BCUT2D eigenvalue weighted by Crippen LogP contribution is -2.08. The predicted molar refractivity (Wildman–Crippen MR) is 110 cm³/mol. The molecule has 0 unspecified atom stereocenters. The van der Waals surface area contributed by atoms with Gasteiger partial charge in [0.25, 0.3) is 0 Å². The van der Waals surface area contributed by atoms with E-state index in [1.807, 2.05) is 0 Å². The molecule has 4 heteroatoms. The zero-order valence-corrected chi connectivity index (χ0v) is 15.6. The number of para-hydroxylation sites is 4. The summed E-state index contributed by atoms with van der Waals surface area (Å²) in [5.41, 5.74) is 9.83. The van der Waals surface area contributed by atoms with Crippen LogP contribution in [0.2, 0.25) is 0 Å². The fourth-order valence-electron chi connectivity index (χ4n) is 4.21. The van der Waals surface area contributed by atoms with Gasteiger partial charge < -0.3 is 18.3 Å². The molecule has 0 saturated heterocycles. The van der Waals surface area contributed by atoms with Crippen LogP contribution in [-0.4, -0.2) is 18.3 Å². The van der Waals surface area contributed by atoms with Crippen molar-refractivity contribution in [3.05, 3.63) is 60.7 Å². The molecule has 4 nitrogen and oxygen atoms in total. The van der Waals surface area contributed by atoms with E-state index in [-0.39, 0.29) is 0 Å². The second-order valence-corrected chi connectivity index (χ2v) is 7.04. The molecule has 26 heavy (non-hydrogen) atoms. The summed E-state index contributed by atoms with van der Waals surface area (Å²) in [5.74, 6) is 0. The lowest BCUT2D eigenvalue weighted by molar-refractivity contribution is 0.919. The lowest BCUT2D eigenvalue weighted by Gasteiger charge is -2.21. The van der Waals surface area contributed by atoms with Crippen molar-refractivity contribution in [2.24, 2.45) is 28.2 Å². The van der Waals surface area contributed by atoms with Crippen molar-refractivity contribution < 1.29 is 0 Å². The predicted octanol–water partition coefficient (Wildman–Crippen LogP) is 4.78. The van der Waals surface area contributed by atoms with Gasteiger partial charge >= 0.3 is 0 Å². The smallest absolute Gasteiger partial charge is 0.0672 e. The van der Waals surface area contributed by atoms with Gasteiger partial charge in [-0.25, -0.2) is 0 Å². The average Bonchev–Trinajstić information content (AvgIpc) is 2.69. The summed E-state index contributed by atoms with van der Waals surface area (Å²) in [7, 11) is 8.60. The van der Waals surface area contributed by atoms with Crippen molar-refractivity contribution >= 4 is 44.1 Å². The van der Waals surface area contributed by atoms with Crippen LogP contribution in [0.15, 0.2) is 60.7 Å². The third-order valence-corrected chi connectivity index (χ3v) is 5.73. The van der Waals surface area contributed by atoms with E-state index in [0.717, 1.165) is 0 Å². The van der Waals surface area contributed by atoms with Gasteiger partial charge in [0, 0.05) is 28.2 Å². The fourth-order valence-corrected chi connectivity index (χ4v) is 4.21. The summed E-state index contributed by atoms with van der Waals surface area (Å²) >= 11 is 0. The molecule has 0 spiro atoms. The number of nitrogens with zero attached hydrogens (tertiary/aromatic N) is 4. The minimum Gasteiger partial charge on any atom is -0.341 e. The molecular weight excluding hydrogens is 320 g/mol. The summed E-state index contributed by atoms with van der Waals surface area (Å²) in [6, 6.07) is 21.7. The van der Waals surface area contributed by atoms with Gasteiger partial charge in [-0.3, -0.25) is 0 Å². The number of benzene rings is 3. The molecule has 5 aromatic rings. The first-order chi connectivity index (χ1) is 12.6. The van der Waals surface area contributed by atoms with E-state index in [1.165, 1.54) is 44.1 Å². The molecule has 3 aromatic carbocycles. The van der Waals surface area contributed by atoms with Gasteiger partial charge in [0.05, 0.1) is 44.1 Å². The van der Waals surface area contributed by atoms with Gasteiger partial charge in [0.1, 0.15) is 0 Å². The van der Waals surface area contributed by atoms with Gasteiger partial charge in [-0.1, -0.05) is 24.3 Å². The minimum absolute atomic E-state index is 1.23. The van der Waals surface area contributed by atoms with Crippen LogP contribution >= 0.6 is 0 Å². The summed E-state index contributed by atoms with van der Waals surface area (Å²) < 4.78 is 9.16. The van der Waals surface area contributed by atoms with E-state index in [9.17, 15) is 0 Å². The van der Waals surface area contributed by atoms with Gasteiger partial charge in [-0.15, -0.1) is 0 Å². The highest BCUT2D eigenvalue weighted by Gasteiger charge is 2.12. The van der Waals surface area contributed by atoms with Crippen molar-refractivity contribution in [3.8, 4) is 0 Å². The Morgan fingerprint density at radius 3 is 0.846 bits per heavy atom. The molecule has 0 bridgehead atoms. The molecule has 0 aliphatic heterocycles. The number of aromatic nitrogens is 4. The Bertz CT molecular complexity index is 1160. The Morgan fingerprint density at radius 1 is 0.385 bits per heavy atom. The number of aryl methyl sites for hydroxylation is 4. The minimum atomic E-state index is 1.23. The quantitative estimate of drug-likeness (QED) is 0.361. The lowest BCUT2D eigenvalue weighted by atomic mass is 10.1. The van der Waals surface area contributed by atoms with E-state index in [2.05, 4.69) is 107 Å². The molecule has 2 heterocycles. The second kappa shape index (κ2) is 5.18. The first-order valence-electron chi connectivity index (χ1n) is 8.89. The molecule has 0 atom stereocenters. The molecule has 0 saturated carbocycles. The Morgan fingerprint density at radius 2 is 0.615 bits per heavy atom. The summed E-state index contributed by atoms with van der Waals surface area (Å²) in [6.07, 6.45) is 0. The maximum Gasteiger partial charge on any atom is 0.0672 e. The Kier molecular flexibility index (Phi) is 3.02. The van der Waals surface area contributed by atoms with E-state index in [1.54, 1.807) is 0 Å². The summed E-state index contributed by atoms with van der Waals surface area (Å²) in [6.45, 7) is 0. The summed E-state index contributed by atoms with van der Waals surface area (Å²) in [4.78, 5) is 0. The number of fused-ring (bicyclic) bond motifs is 4. The van der Waals surface area contributed by atoms with Gasteiger partial charge in [-0.05, 0) is 36.4 Å². The van der Waals surface area contributed by atoms with Crippen LogP contribution in [0.3, 0.4) is 0 Å². The number of hydrogen-bond donors (Lipinski definition) is 0. The van der Waals surface area contributed by atoms with E-state index in [4.69, 9.17) is 0 Å². The van der Waals surface area contributed by atoms with Crippen molar-refractivity contribution in [1.29, 1.82) is 0 Å². The highest BCUT2D eigenvalue weighted by atomic mass is 15.1. The van der Waals surface area contributed by atoms with Crippen molar-refractivity contribution in [2.75, 3.05) is 0 Å². The third-order valence-electron chi connectivity index (χ3n) is 5.73. The standard InChI is InChI=1S/C22H22N4/c1-23-15-9-5-6-10-16(15)24(2)20-14-22-21(13-19(20)23)25(3)17-11-7-8-12-18(17)26(22)4/h5-14H,1-4H3. The molecule has 0 radical (unpaired) electrons. The van der Waals surface area contributed by atoms with Crippen LogP contribution in [0.1, 0.15) is 0 Å². The zero-order chi connectivity index (χ0) is 18.0. The first-order valence-corrected chi connectivity index (χ1v) is 8.89. The average molecular weight is 342 g/mol. The van der Waals surface area contributed by atoms with Crippen LogP contribution in [0.4, 0.5) is 0 Å². The molecule has 5 rings (SSSR count). The molecule has 0 amide bonds. The van der Waals surface area contributed by atoms with E-state index < -0.39 is 0 Å². The van der Waals surface area contributed by atoms with Gasteiger partial charge in [0.2, 0.25) is 0 Å². The normalized spacial score (nSPS) is 11.8. The van der Waals surface area contributed by atoms with Crippen LogP contribution in [0, 0.1) is 0 Å². The molecule has 0 aliphatic rings. The number of hydrogen-bond acceptors (Lipinski definition) is 0. The topological polar surface area (TPSA) is 19.7 Å². The van der Waals surface area contributed by atoms with Crippen molar-refractivity contribution in [3.63, 3.8) is 0 Å². The van der Waals surface area contributed by atoms with Crippen LogP contribution in [-0.2, 0) is 28.2 Å². The van der Waals surface area contributed by atoms with Gasteiger partial charge in [0.15, 0.2) is 0 Å². The summed E-state index contributed by atoms with van der Waals surface area (Å²) in [5, 5.41) is 0. The van der Waals surface area contributed by atoms with Crippen LogP contribution in [0.25, 0.3) is 44.1 Å². The molecule has 0 fully saturated rings. The SMILES string of the molecule is Cn1c2ccccc2n(C)c2cc3c(cc21)n(C)c1ccccc1n3C. The first kappa shape index (κ1) is 15.1. The van der Waals surface area contributed by atoms with E-state index >= 15 is 0 Å². The number of rotatable bonds is 0. The largest absolute Gasteiger partial charge is 0.341 e. The zero-order valence-electron chi connectivity index (χ0n) is 15.6. The highest BCUT2D eigenvalue weighted by Crippen LogP contribution is 2.29. The molecular formula is C22H22N4. The maximum atomic E-state index is 2.31. The van der Waals surface area contributed by atoms with Gasteiger partial charge in [-0.2, -0.15) is 0 Å². The Balaban J connectivity index is 2.08. The Labute approximate surface area is 151 Å². The van der Waals surface area contributed by atoms with E-state index in [0.29, 0.717) is 0 Å². The van der Waals surface area contributed by atoms with Crippen molar-refractivity contribution in [1.82, 2.24) is 18.3 Å². The Hall–Kier alpha value is -3.14. The van der Waals surface area contributed by atoms with Crippen LogP contribution < -0.4 is 0 Å². The fraction of sp³-hybridized carbons (Fsp3) is 0.182. The molecule has 0 aliphatic carbocycles. The van der Waals surface area contributed by atoms with Crippen molar-refractivity contribution in [2.45, 2.75) is 0 Å².